The van der Waals surface area contributed by atoms with Crippen LogP contribution in [0.3, 0.4) is 0 Å². The molecule has 210 valence electrons. The van der Waals surface area contributed by atoms with Gasteiger partial charge in [0.1, 0.15) is 11.6 Å². The standard InChI is InChI=1S/C29H22FN5O2S2.2ClH/c1-18-26-25(13-14-31-28(26)37-35-18)39-23-15-24(36-22-11-8-20(30)9-12-22)27(32-16-23)34-29-33-21(17-38-29)10-7-19-5-3-2-4-6-19;;/h2-6,8-9,11-17H,7,10H2,1H3,(H,32,33,34);2*1H. The Labute approximate surface area is 256 Å². The predicted molar refractivity (Wildman–Crippen MR) is 165 cm³/mol. The van der Waals surface area contributed by atoms with Gasteiger partial charge in [0.2, 0.25) is 0 Å². The van der Waals surface area contributed by atoms with E-state index in [0.29, 0.717) is 28.2 Å². The van der Waals surface area contributed by atoms with Crippen molar-refractivity contribution in [2.45, 2.75) is 29.6 Å². The summed E-state index contributed by atoms with van der Waals surface area (Å²) in [6.45, 7) is 1.88. The molecule has 41 heavy (non-hydrogen) atoms. The van der Waals surface area contributed by atoms with Crippen LogP contribution in [0, 0.1) is 12.7 Å². The lowest BCUT2D eigenvalue weighted by atomic mass is 10.1. The summed E-state index contributed by atoms with van der Waals surface area (Å²) in [5, 5.41) is 11.0. The molecule has 6 rings (SSSR count). The number of ether oxygens (including phenoxy) is 1. The number of aromatic nitrogens is 4. The van der Waals surface area contributed by atoms with E-state index in [9.17, 15) is 4.39 Å². The molecule has 7 nitrogen and oxygen atoms in total. The van der Waals surface area contributed by atoms with Crippen molar-refractivity contribution >= 4 is 70.0 Å². The molecular weight excluding hydrogens is 604 g/mol. The minimum atomic E-state index is -0.334. The van der Waals surface area contributed by atoms with Crippen LogP contribution in [0.15, 0.2) is 98.8 Å². The summed E-state index contributed by atoms with van der Waals surface area (Å²) >= 11 is 3.01. The second-order valence-corrected chi connectivity index (χ2v) is 10.7. The van der Waals surface area contributed by atoms with Crippen LogP contribution in [0.1, 0.15) is 17.0 Å². The lowest BCUT2D eigenvalue weighted by molar-refractivity contribution is 0.443. The number of pyridine rings is 2. The predicted octanol–water partition coefficient (Wildman–Crippen LogP) is 8.84. The van der Waals surface area contributed by atoms with E-state index in [2.05, 4.69) is 32.6 Å². The van der Waals surface area contributed by atoms with Crippen molar-refractivity contribution in [2.24, 2.45) is 0 Å². The Morgan fingerprint density at radius 3 is 2.61 bits per heavy atom. The van der Waals surface area contributed by atoms with Crippen molar-refractivity contribution in [1.82, 2.24) is 20.1 Å². The number of aryl methyl sites for hydroxylation is 3. The SMILES string of the molecule is Cc1noc2nccc(Sc3cnc(Nc4nc(CCc5ccccc5)cs4)c(Oc4ccc(F)cc4)c3)c12.Cl.Cl. The highest BCUT2D eigenvalue weighted by Gasteiger charge is 2.15. The number of nitrogens with one attached hydrogen (secondary N) is 1. The average molecular weight is 629 g/mol. The maximum Gasteiger partial charge on any atom is 0.259 e. The lowest BCUT2D eigenvalue weighted by Gasteiger charge is -2.13. The molecule has 0 aliphatic rings. The molecule has 0 fully saturated rings. The van der Waals surface area contributed by atoms with Crippen LogP contribution in [0.2, 0.25) is 0 Å². The summed E-state index contributed by atoms with van der Waals surface area (Å²) in [7, 11) is 0. The molecule has 0 aliphatic carbocycles. The molecule has 12 heteroatoms. The first-order valence-corrected chi connectivity index (χ1v) is 13.9. The molecule has 0 unspecified atom stereocenters. The van der Waals surface area contributed by atoms with Crippen LogP contribution < -0.4 is 10.1 Å². The number of hydrogen-bond donors (Lipinski definition) is 1. The van der Waals surface area contributed by atoms with E-state index >= 15 is 0 Å². The molecule has 0 saturated heterocycles. The van der Waals surface area contributed by atoms with Gasteiger partial charge in [0.05, 0.1) is 16.8 Å². The third kappa shape index (κ3) is 7.34. The van der Waals surface area contributed by atoms with E-state index < -0.39 is 0 Å². The number of rotatable bonds is 9. The molecule has 0 atom stereocenters. The van der Waals surface area contributed by atoms with Gasteiger partial charge in [-0.15, -0.1) is 36.2 Å². The first kappa shape index (κ1) is 30.3. The summed E-state index contributed by atoms with van der Waals surface area (Å²) in [5.74, 6) is 1.15. The van der Waals surface area contributed by atoms with Crippen LogP contribution in [0.25, 0.3) is 11.1 Å². The monoisotopic (exact) mass is 627 g/mol. The average Bonchev–Trinajstić information content (AvgIpc) is 3.57. The van der Waals surface area contributed by atoms with Crippen LogP contribution in [0.5, 0.6) is 11.5 Å². The van der Waals surface area contributed by atoms with Gasteiger partial charge >= 0.3 is 0 Å². The van der Waals surface area contributed by atoms with Crippen molar-refractivity contribution < 1.29 is 13.7 Å². The van der Waals surface area contributed by atoms with Crippen molar-refractivity contribution in [1.29, 1.82) is 0 Å². The van der Waals surface area contributed by atoms with Gasteiger partial charge in [-0.05, 0) is 55.7 Å². The van der Waals surface area contributed by atoms with Gasteiger partial charge in [0.25, 0.3) is 5.71 Å². The molecule has 6 aromatic rings. The molecule has 0 spiro atoms. The molecule has 0 bridgehead atoms. The Morgan fingerprint density at radius 1 is 1.00 bits per heavy atom. The Kier molecular flexibility index (Phi) is 10.2. The first-order valence-electron chi connectivity index (χ1n) is 12.2. The maximum absolute atomic E-state index is 13.5. The second kappa shape index (κ2) is 13.8. The van der Waals surface area contributed by atoms with Gasteiger partial charge in [-0.1, -0.05) is 47.3 Å². The Balaban J connectivity index is 0.00000194. The van der Waals surface area contributed by atoms with Crippen LogP contribution in [0.4, 0.5) is 15.3 Å². The van der Waals surface area contributed by atoms with Gasteiger partial charge in [0, 0.05) is 33.6 Å². The highest BCUT2D eigenvalue weighted by molar-refractivity contribution is 7.99. The van der Waals surface area contributed by atoms with Crippen molar-refractivity contribution in [3.63, 3.8) is 0 Å². The van der Waals surface area contributed by atoms with E-state index in [1.54, 1.807) is 24.5 Å². The van der Waals surface area contributed by atoms with E-state index in [1.165, 1.54) is 40.8 Å². The van der Waals surface area contributed by atoms with Crippen LogP contribution in [-0.4, -0.2) is 20.1 Å². The number of nitrogens with zero attached hydrogens (tertiary/aromatic N) is 4. The molecule has 2 aromatic carbocycles. The Bertz CT molecular complexity index is 1730. The minimum Gasteiger partial charge on any atom is -0.453 e. The molecule has 1 N–H and O–H groups in total. The number of hydrogen-bond acceptors (Lipinski definition) is 9. The van der Waals surface area contributed by atoms with E-state index in [0.717, 1.165) is 39.4 Å². The first-order chi connectivity index (χ1) is 19.1. The van der Waals surface area contributed by atoms with Gasteiger partial charge in [-0.2, -0.15) is 0 Å². The van der Waals surface area contributed by atoms with E-state index in [-0.39, 0.29) is 30.6 Å². The fourth-order valence-corrected chi connectivity index (χ4v) is 5.71. The summed E-state index contributed by atoms with van der Waals surface area (Å²) in [4.78, 5) is 15.4. The minimum absolute atomic E-state index is 0. The van der Waals surface area contributed by atoms with Crippen molar-refractivity contribution in [3.05, 3.63) is 107 Å². The summed E-state index contributed by atoms with van der Waals surface area (Å²) in [5.41, 5.74) is 3.53. The highest BCUT2D eigenvalue weighted by Crippen LogP contribution is 2.39. The van der Waals surface area contributed by atoms with Gasteiger partial charge in [-0.25, -0.2) is 19.3 Å². The zero-order valence-corrected chi connectivity index (χ0v) is 24.9. The molecular formula is C29H24Cl2FN5O2S2. The topological polar surface area (TPSA) is 86.0 Å². The number of benzene rings is 2. The second-order valence-electron chi connectivity index (χ2n) is 8.69. The molecule has 0 amide bonds. The van der Waals surface area contributed by atoms with Crippen molar-refractivity contribution in [2.75, 3.05) is 5.32 Å². The fourth-order valence-electron chi connectivity index (χ4n) is 3.98. The lowest BCUT2D eigenvalue weighted by Crippen LogP contribution is -1.98. The van der Waals surface area contributed by atoms with Gasteiger partial charge < -0.3 is 14.6 Å². The fraction of sp³-hybridized carbons (Fsp3) is 0.103. The molecule has 4 heterocycles. The molecule has 0 radical (unpaired) electrons. The van der Waals surface area contributed by atoms with E-state index in [4.69, 9.17) is 14.2 Å². The Hall–Kier alpha value is -3.70. The number of fused-ring (bicyclic) bond motifs is 1. The normalized spacial score (nSPS) is 10.6. The molecule has 4 aromatic heterocycles. The number of anilines is 2. The van der Waals surface area contributed by atoms with Gasteiger partial charge in [0.15, 0.2) is 16.7 Å². The molecule has 0 saturated carbocycles. The number of halogens is 3. The zero-order valence-electron chi connectivity index (χ0n) is 21.6. The Morgan fingerprint density at radius 2 is 1.80 bits per heavy atom. The zero-order chi connectivity index (χ0) is 26.6. The maximum atomic E-state index is 13.5. The highest BCUT2D eigenvalue weighted by atomic mass is 35.5. The summed E-state index contributed by atoms with van der Waals surface area (Å²) < 4.78 is 25.0. The molecule has 0 aliphatic heterocycles. The van der Waals surface area contributed by atoms with Crippen LogP contribution >= 0.6 is 47.9 Å². The third-order valence-electron chi connectivity index (χ3n) is 5.90. The third-order valence-corrected chi connectivity index (χ3v) is 7.72. The van der Waals surface area contributed by atoms with E-state index in [1.807, 2.05) is 42.6 Å². The summed E-state index contributed by atoms with van der Waals surface area (Å²) in [6.07, 6.45) is 5.21. The quantitative estimate of drug-likeness (QED) is 0.170. The van der Waals surface area contributed by atoms with Crippen molar-refractivity contribution in [3.8, 4) is 11.5 Å². The van der Waals surface area contributed by atoms with Crippen LogP contribution in [-0.2, 0) is 12.8 Å². The summed E-state index contributed by atoms with van der Waals surface area (Å²) in [6, 6.07) is 20.0. The smallest absolute Gasteiger partial charge is 0.259 e. The number of thiazole rings is 1. The van der Waals surface area contributed by atoms with Gasteiger partial charge in [-0.3, -0.25) is 0 Å². The largest absolute Gasteiger partial charge is 0.453 e.